The summed E-state index contributed by atoms with van der Waals surface area (Å²) in [6.45, 7) is 6.24. The molecule has 3 N–H and O–H groups in total. The summed E-state index contributed by atoms with van der Waals surface area (Å²) >= 11 is 0. The number of halogens is 1. The summed E-state index contributed by atoms with van der Waals surface area (Å²) in [6.07, 6.45) is 1.75. The van der Waals surface area contributed by atoms with Gasteiger partial charge in [-0.2, -0.15) is 0 Å². The Bertz CT molecular complexity index is 608. The summed E-state index contributed by atoms with van der Waals surface area (Å²) in [4.78, 5) is 16.0. The van der Waals surface area contributed by atoms with E-state index in [1.54, 1.807) is 13.1 Å². The number of aromatic nitrogens is 1. The second-order valence-corrected chi connectivity index (χ2v) is 5.43. The zero-order valence-electron chi connectivity index (χ0n) is 13.0. The minimum absolute atomic E-state index is 0. The lowest BCUT2D eigenvalue weighted by molar-refractivity contribution is -0.119. The second-order valence-electron chi connectivity index (χ2n) is 5.43. The first kappa shape index (κ1) is 18.2. The van der Waals surface area contributed by atoms with Crippen LogP contribution in [0.4, 0.5) is 5.69 Å². The first-order valence-corrected chi connectivity index (χ1v) is 7.08. The number of carbonyl (C=O) groups excluding carboxylic acids is 1. The lowest BCUT2D eigenvalue weighted by Crippen LogP contribution is -2.26. The van der Waals surface area contributed by atoms with Crippen LogP contribution in [0.2, 0.25) is 0 Å². The number of nitrogens with two attached hydrogens (primary N) is 1. The van der Waals surface area contributed by atoms with E-state index in [4.69, 9.17) is 10.2 Å². The van der Waals surface area contributed by atoms with Gasteiger partial charge in [0.2, 0.25) is 11.8 Å². The van der Waals surface area contributed by atoms with Gasteiger partial charge in [0.25, 0.3) is 0 Å². The van der Waals surface area contributed by atoms with Crippen LogP contribution in [0.15, 0.2) is 34.9 Å². The van der Waals surface area contributed by atoms with Crippen LogP contribution in [0, 0.1) is 5.92 Å². The topological polar surface area (TPSA) is 81.2 Å². The molecule has 6 heteroatoms. The molecule has 120 valence electrons. The van der Waals surface area contributed by atoms with Crippen molar-refractivity contribution in [3.63, 3.8) is 0 Å². The van der Waals surface area contributed by atoms with Crippen LogP contribution >= 0.6 is 12.4 Å². The SMILES string of the molecule is CC(CN)C(=O)Nc1ccc(-c2ncc(C(C)C)o2)cc1.Cl. The smallest absolute Gasteiger partial charge is 0.228 e. The standard InChI is InChI=1S/C16H21N3O2.ClH/c1-10(2)14-9-18-16(21-14)12-4-6-13(7-5-12)19-15(20)11(3)8-17;/h4-7,9-11H,8,17H2,1-3H3,(H,19,20);1H. The minimum atomic E-state index is -0.204. The maximum atomic E-state index is 11.8. The summed E-state index contributed by atoms with van der Waals surface area (Å²) < 4.78 is 5.69. The summed E-state index contributed by atoms with van der Waals surface area (Å²) in [5.74, 6) is 1.47. The maximum Gasteiger partial charge on any atom is 0.228 e. The van der Waals surface area contributed by atoms with Crippen LogP contribution in [0.1, 0.15) is 32.4 Å². The Hall–Kier alpha value is -1.85. The Balaban J connectivity index is 0.00000242. The maximum absolute atomic E-state index is 11.8. The number of rotatable bonds is 5. The number of anilines is 1. The Labute approximate surface area is 136 Å². The zero-order chi connectivity index (χ0) is 15.4. The fraction of sp³-hybridized carbons (Fsp3) is 0.375. The van der Waals surface area contributed by atoms with Crippen LogP contribution in [-0.4, -0.2) is 17.4 Å². The third kappa shape index (κ3) is 4.32. The van der Waals surface area contributed by atoms with E-state index < -0.39 is 0 Å². The molecule has 1 aromatic carbocycles. The molecule has 0 aliphatic heterocycles. The van der Waals surface area contributed by atoms with Gasteiger partial charge in [-0.05, 0) is 24.3 Å². The highest BCUT2D eigenvalue weighted by molar-refractivity contribution is 5.92. The molecule has 0 fully saturated rings. The van der Waals surface area contributed by atoms with E-state index in [9.17, 15) is 4.79 Å². The Kier molecular flexibility index (Phi) is 6.59. The monoisotopic (exact) mass is 323 g/mol. The summed E-state index contributed by atoms with van der Waals surface area (Å²) in [5.41, 5.74) is 7.09. The van der Waals surface area contributed by atoms with Gasteiger partial charge < -0.3 is 15.5 Å². The lowest BCUT2D eigenvalue weighted by atomic mass is 10.1. The molecular weight excluding hydrogens is 302 g/mol. The first-order chi connectivity index (χ1) is 10.0. The van der Waals surface area contributed by atoms with Crippen LogP contribution in [0.25, 0.3) is 11.5 Å². The largest absolute Gasteiger partial charge is 0.441 e. The van der Waals surface area contributed by atoms with Crippen molar-refractivity contribution in [2.75, 3.05) is 11.9 Å². The van der Waals surface area contributed by atoms with Crippen LogP contribution in [-0.2, 0) is 4.79 Å². The molecule has 0 saturated carbocycles. The van der Waals surface area contributed by atoms with Crippen molar-refractivity contribution >= 4 is 24.0 Å². The van der Waals surface area contributed by atoms with E-state index in [1.807, 2.05) is 24.3 Å². The molecule has 2 aromatic rings. The Morgan fingerprint density at radius 2 is 1.91 bits per heavy atom. The highest BCUT2D eigenvalue weighted by atomic mass is 35.5. The number of nitrogens with zero attached hydrogens (tertiary/aromatic N) is 1. The van der Waals surface area contributed by atoms with Gasteiger partial charge in [-0.1, -0.05) is 20.8 Å². The second kappa shape index (κ2) is 7.96. The molecule has 1 aromatic heterocycles. The molecule has 1 unspecified atom stereocenters. The molecule has 2 rings (SSSR count). The highest BCUT2D eigenvalue weighted by Gasteiger charge is 2.12. The molecule has 22 heavy (non-hydrogen) atoms. The third-order valence-corrected chi connectivity index (χ3v) is 3.29. The number of hydrogen-bond acceptors (Lipinski definition) is 4. The number of carbonyl (C=O) groups is 1. The summed E-state index contributed by atoms with van der Waals surface area (Å²) in [5, 5.41) is 2.82. The molecule has 0 spiro atoms. The highest BCUT2D eigenvalue weighted by Crippen LogP contribution is 2.24. The van der Waals surface area contributed by atoms with E-state index in [0.717, 1.165) is 17.0 Å². The number of amides is 1. The summed E-state index contributed by atoms with van der Waals surface area (Å²) in [7, 11) is 0. The number of oxazole rings is 1. The Morgan fingerprint density at radius 3 is 2.41 bits per heavy atom. The Morgan fingerprint density at radius 1 is 1.27 bits per heavy atom. The van der Waals surface area contributed by atoms with E-state index in [2.05, 4.69) is 24.1 Å². The molecule has 0 aliphatic carbocycles. The van der Waals surface area contributed by atoms with Gasteiger partial charge in [-0.3, -0.25) is 4.79 Å². The van der Waals surface area contributed by atoms with E-state index in [1.165, 1.54) is 0 Å². The van der Waals surface area contributed by atoms with E-state index in [0.29, 0.717) is 18.4 Å². The molecule has 0 radical (unpaired) electrons. The molecule has 1 heterocycles. The average molecular weight is 324 g/mol. The van der Waals surface area contributed by atoms with Gasteiger partial charge in [0.15, 0.2) is 0 Å². The van der Waals surface area contributed by atoms with Crippen molar-refractivity contribution in [1.29, 1.82) is 0 Å². The van der Waals surface area contributed by atoms with Crippen molar-refractivity contribution in [3.8, 4) is 11.5 Å². The number of nitrogens with one attached hydrogen (secondary N) is 1. The van der Waals surface area contributed by atoms with Crippen molar-refractivity contribution < 1.29 is 9.21 Å². The molecule has 0 saturated heterocycles. The molecular formula is C16H22ClN3O2. The van der Waals surface area contributed by atoms with Gasteiger partial charge >= 0.3 is 0 Å². The predicted octanol–water partition coefficient (Wildman–Crippen LogP) is 3.42. The summed E-state index contributed by atoms with van der Waals surface area (Å²) in [6, 6.07) is 7.41. The van der Waals surface area contributed by atoms with Gasteiger partial charge in [0, 0.05) is 29.6 Å². The lowest BCUT2D eigenvalue weighted by Gasteiger charge is -2.09. The van der Waals surface area contributed by atoms with Gasteiger partial charge in [-0.25, -0.2) is 4.98 Å². The van der Waals surface area contributed by atoms with Crippen LogP contribution < -0.4 is 11.1 Å². The quantitative estimate of drug-likeness (QED) is 0.883. The molecule has 1 amide bonds. The van der Waals surface area contributed by atoms with Crippen molar-refractivity contribution in [1.82, 2.24) is 4.98 Å². The molecule has 0 bridgehead atoms. The van der Waals surface area contributed by atoms with Crippen molar-refractivity contribution in [2.45, 2.75) is 26.7 Å². The zero-order valence-corrected chi connectivity index (χ0v) is 13.8. The van der Waals surface area contributed by atoms with Crippen LogP contribution in [0.5, 0.6) is 0 Å². The fourth-order valence-electron chi connectivity index (χ4n) is 1.76. The molecule has 1 atom stereocenters. The third-order valence-electron chi connectivity index (χ3n) is 3.29. The van der Waals surface area contributed by atoms with E-state index >= 15 is 0 Å². The van der Waals surface area contributed by atoms with Crippen molar-refractivity contribution in [3.05, 3.63) is 36.2 Å². The van der Waals surface area contributed by atoms with Crippen molar-refractivity contribution in [2.24, 2.45) is 11.7 Å². The normalized spacial score (nSPS) is 11.9. The molecule has 0 aliphatic rings. The van der Waals surface area contributed by atoms with E-state index in [-0.39, 0.29) is 24.2 Å². The van der Waals surface area contributed by atoms with Crippen LogP contribution in [0.3, 0.4) is 0 Å². The predicted molar refractivity (Wildman–Crippen MR) is 90.1 cm³/mol. The van der Waals surface area contributed by atoms with Gasteiger partial charge in [0.05, 0.1) is 6.20 Å². The molecule has 5 nitrogen and oxygen atoms in total. The van der Waals surface area contributed by atoms with Gasteiger partial charge in [-0.15, -0.1) is 12.4 Å². The van der Waals surface area contributed by atoms with Gasteiger partial charge in [0.1, 0.15) is 5.76 Å². The number of hydrogen-bond donors (Lipinski definition) is 2. The minimum Gasteiger partial charge on any atom is -0.441 e. The number of benzene rings is 1. The first-order valence-electron chi connectivity index (χ1n) is 7.08. The average Bonchev–Trinajstić information content (AvgIpc) is 2.97. The fourth-order valence-corrected chi connectivity index (χ4v) is 1.76.